The minimum atomic E-state index is -0.514. The van der Waals surface area contributed by atoms with Crippen LogP contribution in [0.2, 0.25) is 0 Å². The van der Waals surface area contributed by atoms with Crippen LogP contribution in [0.4, 0.5) is 10.1 Å². The van der Waals surface area contributed by atoms with Crippen LogP contribution in [0, 0.1) is 12.4 Å². The van der Waals surface area contributed by atoms with E-state index in [9.17, 15) is 4.79 Å². The Balaban J connectivity index is 1.60. The first kappa shape index (κ1) is 23.0. The molecule has 0 atom stereocenters. The minimum absolute atomic E-state index is 0.0714. The Morgan fingerprint density at radius 2 is 2.12 bits per heavy atom. The lowest BCUT2D eigenvalue weighted by Gasteiger charge is -2.11. The molecule has 0 aliphatic carbocycles. The van der Waals surface area contributed by atoms with E-state index >= 15 is 4.39 Å². The molecule has 0 bridgehead atoms. The van der Waals surface area contributed by atoms with Crippen LogP contribution in [0.3, 0.4) is 0 Å². The van der Waals surface area contributed by atoms with E-state index in [4.69, 9.17) is 20.6 Å². The van der Waals surface area contributed by atoms with E-state index in [1.54, 1.807) is 37.4 Å². The molecule has 0 saturated heterocycles. The third-order valence-electron chi connectivity index (χ3n) is 5.11. The number of rotatable bonds is 8. The third-order valence-corrected chi connectivity index (χ3v) is 5.11. The fourth-order valence-corrected chi connectivity index (χ4v) is 3.59. The minimum Gasteiger partial charge on any atom is -0.502 e. The number of H-pyrrole nitrogens is 1. The summed E-state index contributed by atoms with van der Waals surface area (Å²) in [5.41, 5.74) is 2.53. The third kappa shape index (κ3) is 4.76. The first-order chi connectivity index (χ1) is 16.4. The van der Waals surface area contributed by atoms with E-state index in [2.05, 4.69) is 20.0 Å². The number of esters is 1. The van der Waals surface area contributed by atoms with Crippen molar-refractivity contribution < 1.29 is 23.2 Å². The highest BCUT2D eigenvalue weighted by molar-refractivity contribution is 5.87. The van der Waals surface area contributed by atoms with E-state index in [0.717, 1.165) is 5.56 Å². The van der Waals surface area contributed by atoms with E-state index in [1.807, 2.05) is 13.8 Å². The standard InChI is InChI=1S/C25H23FN4O4/c1-5-32-23(31)9-7-16-13-28-20-12-18(19(26)11-17(16)20)24-29-25(34-30-24)15-6-8-22(33-14(2)3)21(10-15)27-4/h6,8,10-14,28H,5,7,9H2,1-3H3. The molecule has 2 aromatic carbocycles. The number of benzene rings is 2. The van der Waals surface area contributed by atoms with E-state index in [1.165, 1.54) is 6.07 Å². The molecule has 0 spiro atoms. The number of aromatic nitrogens is 3. The maximum absolute atomic E-state index is 15.0. The normalized spacial score (nSPS) is 11.1. The van der Waals surface area contributed by atoms with Gasteiger partial charge in [-0.15, -0.1) is 0 Å². The van der Waals surface area contributed by atoms with E-state index < -0.39 is 5.82 Å². The Morgan fingerprint density at radius 1 is 1.29 bits per heavy atom. The van der Waals surface area contributed by atoms with Crippen molar-refractivity contribution >= 4 is 22.6 Å². The fraction of sp³-hybridized carbons (Fsp3) is 0.280. The molecular weight excluding hydrogens is 439 g/mol. The van der Waals surface area contributed by atoms with Gasteiger partial charge in [0.1, 0.15) is 11.6 Å². The summed E-state index contributed by atoms with van der Waals surface area (Å²) in [7, 11) is 0. The van der Waals surface area contributed by atoms with Gasteiger partial charge in [0.15, 0.2) is 0 Å². The van der Waals surface area contributed by atoms with Crippen LogP contribution in [-0.4, -0.2) is 33.8 Å². The summed E-state index contributed by atoms with van der Waals surface area (Å²) in [5, 5.41) is 4.61. The lowest BCUT2D eigenvalue weighted by molar-refractivity contribution is -0.143. The van der Waals surface area contributed by atoms with Gasteiger partial charge in [0.2, 0.25) is 11.5 Å². The number of carbonyl (C=O) groups is 1. The van der Waals surface area contributed by atoms with Crippen LogP contribution < -0.4 is 4.74 Å². The van der Waals surface area contributed by atoms with Crippen LogP contribution >= 0.6 is 0 Å². The van der Waals surface area contributed by atoms with Crippen LogP contribution in [0.25, 0.3) is 38.6 Å². The van der Waals surface area contributed by atoms with Crippen molar-refractivity contribution in [1.29, 1.82) is 0 Å². The van der Waals surface area contributed by atoms with Gasteiger partial charge in [-0.25, -0.2) is 9.24 Å². The van der Waals surface area contributed by atoms with Gasteiger partial charge in [-0.1, -0.05) is 5.16 Å². The average molecular weight is 462 g/mol. The molecule has 0 aliphatic rings. The molecule has 0 fully saturated rings. The Labute approximate surface area is 195 Å². The number of fused-ring (bicyclic) bond motifs is 1. The van der Waals surface area contributed by atoms with Crippen molar-refractivity contribution in [2.75, 3.05) is 6.61 Å². The number of halogens is 1. The monoisotopic (exact) mass is 462 g/mol. The number of nitrogens with zero attached hydrogens (tertiary/aromatic N) is 3. The topological polar surface area (TPSA) is 94.6 Å². The van der Waals surface area contributed by atoms with E-state index in [0.29, 0.717) is 40.9 Å². The molecule has 2 aromatic heterocycles. The molecule has 9 heteroatoms. The fourth-order valence-electron chi connectivity index (χ4n) is 3.59. The summed E-state index contributed by atoms with van der Waals surface area (Å²) in [5.74, 6) is -0.0886. The van der Waals surface area contributed by atoms with Crippen molar-refractivity contribution in [3.8, 4) is 28.6 Å². The molecule has 0 radical (unpaired) electrons. The van der Waals surface area contributed by atoms with Gasteiger partial charge in [-0.3, -0.25) is 4.79 Å². The smallest absolute Gasteiger partial charge is 0.306 e. The highest BCUT2D eigenvalue weighted by Crippen LogP contribution is 2.34. The first-order valence-corrected chi connectivity index (χ1v) is 10.9. The van der Waals surface area contributed by atoms with Crippen molar-refractivity contribution in [3.05, 3.63) is 59.3 Å². The molecule has 174 valence electrons. The predicted molar refractivity (Wildman–Crippen MR) is 124 cm³/mol. The van der Waals surface area contributed by atoms with Crippen molar-refractivity contribution in [2.45, 2.75) is 39.7 Å². The molecule has 4 aromatic rings. The zero-order valence-corrected chi connectivity index (χ0v) is 19.0. The molecule has 0 unspecified atom stereocenters. The van der Waals surface area contributed by atoms with Gasteiger partial charge >= 0.3 is 5.97 Å². The number of carbonyl (C=O) groups excluding carboxylic acids is 1. The second-order valence-electron chi connectivity index (χ2n) is 7.88. The molecule has 0 aliphatic heterocycles. The first-order valence-electron chi connectivity index (χ1n) is 10.9. The summed E-state index contributed by atoms with van der Waals surface area (Å²) in [4.78, 5) is 22.6. The molecule has 0 saturated carbocycles. The Morgan fingerprint density at radius 3 is 2.85 bits per heavy atom. The van der Waals surface area contributed by atoms with Gasteiger partial charge < -0.3 is 19.0 Å². The van der Waals surface area contributed by atoms with Gasteiger partial charge in [0, 0.05) is 29.1 Å². The van der Waals surface area contributed by atoms with Gasteiger partial charge in [-0.2, -0.15) is 4.98 Å². The number of aromatic amines is 1. The Bertz CT molecular complexity index is 1380. The maximum Gasteiger partial charge on any atom is 0.306 e. The number of aryl methyl sites for hydroxylation is 1. The number of hydrogen-bond donors (Lipinski definition) is 1. The van der Waals surface area contributed by atoms with Crippen LogP contribution in [0.1, 0.15) is 32.8 Å². The van der Waals surface area contributed by atoms with Gasteiger partial charge in [-0.05, 0) is 63.1 Å². The number of nitrogens with one attached hydrogen (secondary N) is 1. The van der Waals surface area contributed by atoms with E-state index in [-0.39, 0.29) is 35.8 Å². The number of hydrogen-bond acceptors (Lipinski definition) is 6. The molecule has 1 N–H and O–H groups in total. The van der Waals surface area contributed by atoms with Crippen LogP contribution in [0.15, 0.2) is 41.1 Å². The zero-order valence-electron chi connectivity index (χ0n) is 19.0. The summed E-state index contributed by atoms with van der Waals surface area (Å²) in [6, 6.07) is 7.99. The molecule has 34 heavy (non-hydrogen) atoms. The lowest BCUT2D eigenvalue weighted by atomic mass is 10.1. The van der Waals surface area contributed by atoms with Gasteiger partial charge in [0.05, 0.1) is 24.8 Å². The highest BCUT2D eigenvalue weighted by atomic mass is 19.1. The Hall–Kier alpha value is -4.19. The summed E-state index contributed by atoms with van der Waals surface area (Å²) in [6.45, 7) is 13.2. The Kier molecular flexibility index (Phi) is 6.59. The molecule has 0 amide bonds. The molecule has 4 rings (SSSR count). The summed E-state index contributed by atoms with van der Waals surface area (Å²) < 4.78 is 31.0. The van der Waals surface area contributed by atoms with Crippen LogP contribution in [-0.2, 0) is 16.0 Å². The average Bonchev–Trinajstić information content (AvgIpc) is 3.44. The molecule has 8 nitrogen and oxygen atoms in total. The summed E-state index contributed by atoms with van der Waals surface area (Å²) >= 11 is 0. The zero-order chi connectivity index (χ0) is 24.2. The second kappa shape index (κ2) is 9.75. The van der Waals surface area contributed by atoms with Crippen molar-refractivity contribution in [3.63, 3.8) is 0 Å². The molecule has 2 heterocycles. The molecular formula is C25H23FN4O4. The van der Waals surface area contributed by atoms with Crippen molar-refractivity contribution in [2.24, 2.45) is 0 Å². The lowest BCUT2D eigenvalue weighted by Crippen LogP contribution is -2.05. The predicted octanol–water partition coefficient (Wildman–Crippen LogP) is 5.86. The van der Waals surface area contributed by atoms with Crippen molar-refractivity contribution in [1.82, 2.24) is 15.1 Å². The number of ether oxygens (including phenoxy) is 2. The summed E-state index contributed by atoms with van der Waals surface area (Å²) in [6.07, 6.45) is 2.33. The van der Waals surface area contributed by atoms with Crippen LogP contribution in [0.5, 0.6) is 5.75 Å². The SMILES string of the molecule is [C-]#[N+]c1cc(-c2nc(-c3cc4[nH]cc(CCC(=O)OCC)c4cc3F)no2)ccc1OC(C)C. The largest absolute Gasteiger partial charge is 0.502 e. The quantitative estimate of drug-likeness (QED) is 0.260. The maximum atomic E-state index is 15.0. The highest BCUT2D eigenvalue weighted by Gasteiger charge is 2.18. The second-order valence-corrected chi connectivity index (χ2v) is 7.88. The van der Waals surface area contributed by atoms with Gasteiger partial charge in [0.25, 0.3) is 5.89 Å².